The minimum atomic E-state index is -0.237. The molecule has 0 bridgehead atoms. The fraction of sp³-hybridized carbons (Fsp3) is 0.222. The molecule has 0 saturated carbocycles. The molecule has 0 aliphatic carbocycles. The number of nitrogens with zero attached hydrogens (tertiary/aromatic N) is 3. The molecule has 1 heterocycles. The molecule has 0 aliphatic rings. The molecule has 7 heteroatoms. The van der Waals surface area contributed by atoms with Crippen molar-refractivity contribution in [3.63, 3.8) is 0 Å². The van der Waals surface area contributed by atoms with Gasteiger partial charge in [0.2, 0.25) is 0 Å². The number of hydrogen-bond acceptors (Lipinski definition) is 4. The van der Waals surface area contributed by atoms with E-state index >= 15 is 0 Å². The van der Waals surface area contributed by atoms with E-state index in [9.17, 15) is 4.39 Å². The number of benzene rings is 2. The van der Waals surface area contributed by atoms with Crippen LogP contribution in [-0.2, 0) is 12.3 Å². The lowest BCUT2D eigenvalue weighted by atomic mass is 10.2. The first-order valence-electron chi connectivity index (χ1n) is 7.76. The van der Waals surface area contributed by atoms with Crippen LogP contribution < -0.4 is 4.74 Å². The van der Waals surface area contributed by atoms with Crippen molar-refractivity contribution >= 4 is 23.4 Å². The van der Waals surface area contributed by atoms with E-state index in [0.717, 1.165) is 16.3 Å². The molecule has 0 N–H and O–H groups in total. The Labute approximate surface area is 155 Å². The molecule has 25 heavy (non-hydrogen) atoms. The van der Waals surface area contributed by atoms with Crippen LogP contribution in [0.25, 0.3) is 11.4 Å². The summed E-state index contributed by atoms with van der Waals surface area (Å²) in [4.78, 5) is 0. The van der Waals surface area contributed by atoms with Crippen LogP contribution in [0.5, 0.6) is 5.75 Å². The SMILES string of the molecule is CCn1c(SCc2cccc(F)c2)nnc1-c1cc(Cl)ccc1OC. The van der Waals surface area contributed by atoms with Gasteiger partial charge >= 0.3 is 0 Å². The Morgan fingerprint density at radius 2 is 2.04 bits per heavy atom. The van der Waals surface area contributed by atoms with Crippen molar-refractivity contribution in [1.82, 2.24) is 14.8 Å². The maximum Gasteiger partial charge on any atom is 0.191 e. The second kappa shape index (κ2) is 7.89. The van der Waals surface area contributed by atoms with E-state index in [1.54, 1.807) is 19.2 Å². The molecular weight excluding hydrogens is 361 g/mol. The largest absolute Gasteiger partial charge is 0.496 e. The second-order valence-electron chi connectivity index (χ2n) is 5.31. The van der Waals surface area contributed by atoms with Gasteiger partial charge in [0.15, 0.2) is 11.0 Å². The Balaban J connectivity index is 1.90. The van der Waals surface area contributed by atoms with Crippen molar-refractivity contribution < 1.29 is 9.13 Å². The molecule has 0 saturated heterocycles. The van der Waals surface area contributed by atoms with Crippen LogP contribution in [0.4, 0.5) is 4.39 Å². The van der Waals surface area contributed by atoms with Crippen molar-refractivity contribution in [2.45, 2.75) is 24.4 Å². The first kappa shape index (κ1) is 17.8. The van der Waals surface area contributed by atoms with Crippen molar-refractivity contribution in [3.8, 4) is 17.1 Å². The fourth-order valence-corrected chi connectivity index (χ4v) is 3.63. The third-order valence-electron chi connectivity index (χ3n) is 3.69. The van der Waals surface area contributed by atoms with Gasteiger partial charge in [0, 0.05) is 17.3 Å². The van der Waals surface area contributed by atoms with Gasteiger partial charge in [-0.1, -0.05) is 35.5 Å². The summed E-state index contributed by atoms with van der Waals surface area (Å²) in [5.41, 5.74) is 1.69. The molecule has 0 atom stereocenters. The lowest BCUT2D eigenvalue weighted by Gasteiger charge is -2.11. The van der Waals surface area contributed by atoms with E-state index in [-0.39, 0.29) is 5.82 Å². The highest BCUT2D eigenvalue weighted by Gasteiger charge is 2.17. The quantitative estimate of drug-likeness (QED) is 0.563. The van der Waals surface area contributed by atoms with Crippen molar-refractivity contribution in [1.29, 1.82) is 0 Å². The third-order valence-corrected chi connectivity index (χ3v) is 4.97. The minimum Gasteiger partial charge on any atom is -0.496 e. The number of rotatable bonds is 6. The number of hydrogen-bond donors (Lipinski definition) is 0. The highest BCUT2D eigenvalue weighted by Crippen LogP contribution is 2.33. The minimum absolute atomic E-state index is 0.237. The zero-order valence-corrected chi connectivity index (χ0v) is 15.4. The van der Waals surface area contributed by atoms with Gasteiger partial charge in [0.1, 0.15) is 11.6 Å². The van der Waals surface area contributed by atoms with Crippen LogP contribution in [0.3, 0.4) is 0 Å². The van der Waals surface area contributed by atoms with Crippen molar-refractivity contribution in [2.75, 3.05) is 7.11 Å². The first-order chi connectivity index (χ1) is 12.1. The summed E-state index contributed by atoms with van der Waals surface area (Å²) >= 11 is 7.64. The summed E-state index contributed by atoms with van der Waals surface area (Å²) < 4.78 is 20.7. The van der Waals surface area contributed by atoms with Crippen molar-refractivity contribution in [2.24, 2.45) is 0 Å². The third kappa shape index (κ3) is 3.96. The van der Waals surface area contributed by atoms with Crippen LogP contribution in [0.1, 0.15) is 12.5 Å². The topological polar surface area (TPSA) is 39.9 Å². The maximum atomic E-state index is 13.3. The predicted molar refractivity (Wildman–Crippen MR) is 98.7 cm³/mol. The molecule has 3 rings (SSSR count). The zero-order chi connectivity index (χ0) is 17.8. The lowest BCUT2D eigenvalue weighted by molar-refractivity contribution is 0.416. The summed E-state index contributed by atoms with van der Waals surface area (Å²) in [6.07, 6.45) is 0. The molecule has 130 valence electrons. The van der Waals surface area contributed by atoms with Gasteiger partial charge in [0.05, 0.1) is 12.7 Å². The van der Waals surface area contributed by atoms with E-state index in [1.807, 2.05) is 29.7 Å². The molecule has 2 aromatic carbocycles. The highest BCUT2D eigenvalue weighted by atomic mass is 35.5. The van der Waals surface area contributed by atoms with Crippen LogP contribution in [0.2, 0.25) is 5.02 Å². The summed E-state index contributed by atoms with van der Waals surface area (Å²) in [6.45, 7) is 2.72. The first-order valence-corrected chi connectivity index (χ1v) is 9.13. The summed E-state index contributed by atoms with van der Waals surface area (Å²) in [5.74, 6) is 1.76. The Morgan fingerprint density at radius 1 is 1.20 bits per heavy atom. The summed E-state index contributed by atoms with van der Waals surface area (Å²) in [7, 11) is 1.61. The Morgan fingerprint density at radius 3 is 2.76 bits per heavy atom. The average Bonchev–Trinajstić information content (AvgIpc) is 3.02. The average molecular weight is 378 g/mol. The molecular formula is C18H17ClFN3OS. The zero-order valence-electron chi connectivity index (χ0n) is 13.9. The monoisotopic (exact) mass is 377 g/mol. The van der Waals surface area contributed by atoms with Gasteiger partial charge in [0.25, 0.3) is 0 Å². The molecule has 0 aliphatic heterocycles. The Kier molecular flexibility index (Phi) is 5.60. The summed E-state index contributed by atoms with van der Waals surface area (Å²) in [6, 6.07) is 12.0. The van der Waals surface area contributed by atoms with Gasteiger partial charge in [-0.05, 0) is 42.8 Å². The summed E-state index contributed by atoms with van der Waals surface area (Å²) in [5, 5.41) is 9.98. The predicted octanol–water partition coefficient (Wildman–Crippen LogP) is 5.06. The Bertz CT molecular complexity index is 885. The van der Waals surface area contributed by atoms with Gasteiger partial charge in [-0.3, -0.25) is 0 Å². The number of halogens is 2. The molecule has 0 radical (unpaired) electrons. The van der Waals surface area contributed by atoms with E-state index in [1.165, 1.54) is 23.9 Å². The number of methoxy groups -OCH3 is 1. The molecule has 0 unspecified atom stereocenters. The highest BCUT2D eigenvalue weighted by molar-refractivity contribution is 7.98. The molecule has 0 fully saturated rings. The van der Waals surface area contributed by atoms with Crippen LogP contribution in [0.15, 0.2) is 47.6 Å². The smallest absolute Gasteiger partial charge is 0.191 e. The number of ether oxygens (including phenoxy) is 1. The molecule has 0 spiro atoms. The van der Waals surface area contributed by atoms with E-state index in [0.29, 0.717) is 28.9 Å². The second-order valence-corrected chi connectivity index (χ2v) is 6.69. The lowest BCUT2D eigenvalue weighted by Crippen LogP contribution is -2.01. The fourth-order valence-electron chi connectivity index (χ4n) is 2.51. The number of aromatic nitrogens is 3. The Hall–Kier alpha value is -2.05. The molecule has 0 amide bonds. The molecule has 4 nitrogen and oxygen atoms in total. The van der Waals surface area contributed by atoms with Gasteiger partial charge < -0.3 is 9.30 Å². The van der Waals surface area contributed by atoms with Gasteiger partial charge in [-0.2, -0.15) is 0 Å². The van der Waals surface area contributed by atoms with E-state index in [2.05, 4.69) is 10.2 Å². The van der Waals surface area contributed by atoms with Crippen LogP contribution in [-0.4, -0.2) is 21.9 Å². The van der Waals surface area contributed by atoms with Gasteiger partial charge in [-0.15, -0.1) is 10.2 Å². The molecule has 3 aromatic rings. The normalized spacial score (nSPS) is 10.9. The van der Waals surface area contributed by atoms with Crippen LogP contribution >= 0.6 is 23.4 Å². The van der Waals surface area contributed by atoms with Crippen LogP contribution in [0, 0.1) is 5.82 Å². The van der Waals surface area contributed by atoms with E-state index in [4.69, 9.17) is 16.3 Å². The maximum absolute atomic E-state index is 13.3. The molecule has 1 aromatic heterocycles. The standard InChI is InChI=1S/C18H17ClFN3OS/c1-3-23-17(15-10-13(19)7-8-16(15)24-2)21-22-18(23)25-11-12-5-4-6-14(20)9-12/h4-10H,3,11H2,1-2H3. The van der Waals surface area contributed by atoms with Gasteiger partial charge in [-0.25, -0.2) is 4.39 Å². The number of thioether (sulfide) groups is 1. The van der Waals surface area contributed by atoms with E-state index < -0.39 is 0 Å². The van der Waals surface area contributed by atoms with Crippen molar-refractivity contribution in [3.05, 3.63) is 58.9 Å².